The third-order valence-electron chi connectivity index (χ3n) is 1.21. The van der Waals surface area contributed by atoms with Crippen LogP contribution >= 0.6 is 0 Å². The topological polar surface area (TPSA) is 63.9 Å². The molecule has 0 bridgehead atoms. The van der Waals surface area contributed by atoms with Crippen molar-refractivity contribution in [2.24, 2.45) is 5.92 Å². The van der Waals surface area contributed by atoms with Crippen LogP contribution < -0.4 is 0 Å². The minimum absolute atomic E-state index is 0.414. The molecule has 0 amide bonds. The normalized spacial score (nSPS) is 19.8. The van der Waals surface area contributed by atoms with Gasteiger partial charge in [-0.15, -0.1) is 0 Å². The largest absolute Gasteiger partial charge is 0.772 e. The molecule has 0 radical (unpaired) electrons. The highest BCUT2D eigenvalue weighted by Gasteiger charge is 2.10. The Morgan fingerprint density at radius 3 is 2.22 bits per heavy atom. The Balaban J connectivity index is 3.91. The lowest BCUT2D eigenvalue weighted by molar-refractivity contribution is 0.511. The second-order valence-electron chi connectivity index (χ2n) is 1.88. The average Bonchev–Trinajstić information content (AvgIpc) is 1.84. The van der Waals surface area contributed by atoms with E-state index >= 15 is 0 Å². The minimum atomic E-state index is -2.11. The summed E-state index contributed by atoms with van der Waals surface area (Å²) in [5.74, 6) is -0.414. The lowest BCUT2D eigenvalue weighted by Crippen LogP contribution is -2.17. The molecule has 3 atom stereocenters. The maximum absolute atomic E-state index is 10.1. The van der Waals surface area contributed by atoms with Crippen molar-refractivity contribution in [2.45, 2.75) is 19.1 Å². The summed E-state index contributed by atoms with van der Waals surface area (Å²) < 4.78 is 20.3. The van der Waals surface area contributed by atoms with Crippen molar-refractivity contribution in [1.29, 1.82) is 5.26 Å². The zero-order chi connectivity index (χ0) is 7.44. The number of nitrogens with zero attached hydrogens (tertiary/aromatic N) is 1. The van der Waals surface area contributed by atoms with Crippen molar-refractivity contribution in [1.82, 2.24) is 0 Å². The standard InChI is InChI=1S/C5H9NO2S/c1-4(3-6)5(2)9(7)8/h4-5H,1-2H3,(H,7,8)/p-1. The second-order valence-corrected chi connectivity index (χ2v) is 3.15. The Morgan fingerprint density at radius 1 is 1.67 bits per heavy atom. The minimum Gasteiger partial charge on any atom is -0.772 e. The fraction of sp³-hybridized carbons (Fsp3) is 0.800. The lowest BCUT2D eigenvalue weighted by atomic mass is 10.1. The van der Waals surface area contributed by atoms with Crippen LogP contribution in [0.3, 0.4) is 0 Å². The summed E-state index contributed by atoms with van der Waals surface area (Å²) in [7, 11) is 0. The van der Waals surface area contributed by atoms with Gasteiger partial charge >= 0.3 is 0 Å². The van der Waals surface area contributed by atoms with E-state index in [-0.39, 0.29) is 0 Å². The maximum Gasteiger partial charge on any atom is 0.0664 e. The molecule has 4 heteroatoms. The van der Waals surface area contributed by atoms with Gasteiger partial charge in [-0.2, -0.15) is 5.26 Å². The molecular formula is C5H8NO2S-. The Kier molecular flexibility index (Phi) is 3.43. The van der Waals surface area contributed by atoms with E-state index in [2.05, 4.69) is 0 Å². The molecule has 0 aliphatic carbocycles. The average molecular weight is 146 g/mol. The predicted molar refractivity (Wildman–Crippen MR) is 33.2 cm³/mol. The summed E-state index contributed by atoms with van der Waals surface area (Å²) in [6.07, 6.45) is 0. The molecule has 0 aliphatic rings. The van der Waals surface area contributed by atoms with Gasteiger partial charge in [-0.1, -0.05) is 18.0 Å². The molecule has 0 N–H and O–H groups in total. The van der Waals surface area contributed by atoms with Crippen molar-refractivity contribution in [3.8, 4) is 6.07 Å². The molecule has 9 heavy (non-hydrogen) atoms. The van der Waals surface area contributed by atoms with Crippen LogP contribution in [0.1, 0.15) is 13.8 Å². The Hall–Kier alpha value is -0.400. The molecule has 0 aliphatic heterocycles. The molecule has 0 aromatic heterocycles. The van der Waals surface area contributed by atoms with Gasteiger partial charge in [0.25, 0.3) is 0 Å². The van der Waals surface area contributed by atoms with Crippen LogP contribution in [0.5, 0.6) is 0 Å². The van der Waals surface area contributed by atoms with E-state index in [1.54, 1.807) is 6.92 Å². The monoisotopic (exact) mass is 146 g/mol. The maximum atomic E-state index is 10.1. The predicted octanol–water partition coefficient (Wildman–Crippen LogP) is 0.414. The van der Waals surface area contributed by atoms with Gasteiger partial charge in [-0.25, -0.2) is 0 Å². The molecule has 0 heterocycles. The molecule has 0 aromatic carbocycles. The highest BCUT2D eigenvalue weighted by atomic mass is 32.2. The van der Waals surface area contributed by atoms with Crippen molar-refractivity contribution in [3.05, 3.63) is 0 Å². The molecule has 0 aromatic rings. The Labute approximate surface area is 57.0 Å². The Bertz CT molecular complexity index is 152. The molecule has 0 spiro atoms. The molecular weight excluding hydrogens is 138 g/mol. The van der Waals surface area contributed by atoms with Gasteiger partial charge in [0.1, 0.15) is 0 Å². The first kappa shape index (κ1) is 8.60. The van der Waals surface area contributed by atoms with Crippen molar-refractivity contribution < 1.29 is 8.76 Å². The summed E-state index contributed by atoms with van der Waals surface area (Å²) >= 11 is -2.11. The van der Waals surface area contributed by atoms with Crippen molar-refractivity contribution in [3.63, 3.8) is 0 Å². The van der Waals surface area contributed by atoms with Crippen LogP contribution in [-0.4, -0.2) is 14.0 Å². The lowest BCUT2D eigenvalue weighted by Gasteiger charge is -2.15. The van der Waals surface area contributed by atoms with Crippen LogP contribution in [0.2, 0.25) is 0 Å². The summed E-state index contributed by atoms with van der Waals surface area (Å²) in [5, 5.41) is 7.67. The Morgan fingerprint density at radius 2 is 2.11 bits per heavy atom. The van der Waals surface area contributed by atoms with Crippen LogP contribution in [0.4, 0.5) is 0 Å². The van der Waals surface area contributed by atoms with Gasteiger partial charge in [0.05, 0.1) is 12.0 Å². The fourth-order valence-electron chi connectivity index (χ4n) is 0.272. The third-order valence-corrected chi connectivity index (χ3v) is 2.23. The van der Waals surface area contributed by atoms with Crippen LogP contribution in [0.25, 0.3) is 0 Å². The molecule has 3 nitrogen and oxygen atoms in total. The third kappa shape index (κ3) is 2.59. The van der Waals surface area contributed by atoms with Crippen molar-refractivity contribution >= 4 is 11.1 Å². The summed E-state index contributed by atoms with van der Waals surface area (Å²) in [6.45, 7) is 3.09. The zero-order valence-corrected chi connectivity index (χ0v) is 6.14. The number of hydrogen-bond donors (Lipinski definition) is 0. The molecule has 0 saturated heterocycles. The van der Waals surface area contributed by atoms with Gasteiger partial charge in [-0.05, 0) is 6.92 Å². The molecule has 52 valence electrons. The first-order chi connectivity index (χ1) is 4.09. The molecule has 0 fully saturated rings. The number of rotatable bonds is 2. The first-order valence-corrected chi connectivity index (χ1v) is 3.71. The van der Waals surface area contributed by atoms with E-state index in [0.29, 0.717) is 0 Å². The summed E-state index contributed by atoms with van der Waals surface area (Å²) in [6, 6.07) is 1.85. The fourth-order valence-corrected chi connectivity index (χ4v) is 0.666. The quantitative estimate of drug-likeness (QED) is 0.530. The number of hydrogen-bond acceptors (Lipinski definition) is 3. The van der Waals surface area contributed by atoms with Gasteiger partial charge in [0, 0.05) is 5.25 Å². The van der Waals surface area contributed by atoms with Crippen LogP contribution in [-0.2, 0) is 11.1 Å². The van der Waals surface area contributed by atoms with E-state index in [4.69, 9.17) is 5.26 Å². The van der Waals surface area contributed by atoms with Crippen LogP contribution in [0.15, 0.2) is 0 Å². The van der Waals surface area contributed by atoms with E-state index in [1.165, 1.54) is 6.92 Å². The van der Waals surface area contributed by atoms with Gasteiger partial charge in [-0.3, -0.25) is 4.21 Å². The highest BCUT2D eigenvalue weighted by molar-refractivity contribution is 7.79. The smallest absolute Gasteiger partial charge is 0.0664 e. The SMILES string of the molecule is CC(C#N)C(C)S(=O)[O-]. The van der Waals surface area contributed by atoms with E-state index in [0.717, 1.165) is 0 Å². The number of nitriles is 1. The highest BCUT2D eigenvalue weighted by Crippen LogP contribution is 2.05. The van der Waals surface area contributed by atoms with E-state index < -0.39 is 22.2 Å². The summed E-state index contributed by atoms with van der Waals surface area (Å²) in [4.78, 5) is 0. The first-order valence-electron chi connectivity index (χ1n) is 2.57. The molecule has 3 unspecified atom stereocenters. The summed E-state index contributed by atoms with van der Waals surface area (Å²) in [5.41, 5.74) is 0. The van der Waals surface area contributed by atoms with E-state index in [1.807, 2.05) is 6.07 Å². The molecule has 0 saturated carbocycles. The van der Waals surface area contributed by atoms with Crippen molar-refractivity contribution in [2.75, 3.05) is 0 Å². The zero-order valence-electron chi connectivity index (χ0n) is 5.33. The van der Waals surface area contributed by atoms with Crippen LogP contribution in [0, 0.1) is 17.2 Å². The second kappa shape index (κ2) is 3.59. The van der Waals surface area contributed by atoms with Gasteiger partial charge in [0.2, 0.25) is 0 Å². The molecule has 0 rings (SSSR count). The van der Waals surface area contributed by atoms with Gasteiger partial charge in [0.15, 0.2) is 0 Å². The van der Waals surface area contributed by atoms with E-state index in [9.17, 15) is 8.76 Å². The van der Waals surface area contributed by atoms with Gasteiger partial charge < -0.3 is 4.55 Å².